The van der Waals surface area contributed by atoms with E-state index in [4.69, 9.17) is 9.40 Å². The van der Waals surface area contributed by atoms with Crippen LogP contribution in [0.2, 0.25) is 0 Å². The zero-order valence-corrected chi connectivity index (χ0v) is 16.6. The van der Waals surface area contributed by atoms with E-state index in [1.807, 2.05) is 4.90 Å². The normalized spacial score (nSPS) is 14.2. The van der Waals surface area contributed by atoms with E-state index in [0.29, 0.717) is 36.1 Å². The lowest BCUT2D eigenvalue weighted by Gasteiger charge is -2.21. The lowest BCUT2D eigenvalue weighted by atomic mass is 9.87. The number of furan rings is 1. The number of aryl methyl sites for hydroxylation is 1. The molecule has 1 aliphatic rings. The summed E-state index contributed by atoms with van der Waals surface area (Å²) in [4.78, 5) is 15.7. The quantitative estimate of drug-likeness (QED) is 0.646. The van der Waals surface area contributed by atoms with Gasteiger partial charge >= 0.3 is 0 Å². The lowest BCUT2D eigenvalue weighted by molar-refractivity contribution is 0.280. The highest BCUT2D eigenvalue weighted by Crippen LogP contribution is 2.38. The van der Waals surface area contributed by atoms with Crippen molar-refractivity contribution < 1.29 is 14.6 Å². The number of rotatable bonds is 7. The second kappa shape index (κ2) is 8.01. The first kappa shape index (κ1) is 19.1. The van der Waals surface area contributed by atoms with Gasteiger partial charge in [-0.05, 0) is 49.1 Å². The highest BCUT2D eigenvalue weighted by Gasteiger charge is 2.25. The number of hydrogen-bond donors (Lipinski definition) is 2. The number of fused-ring (bicyclic) bond motifs is 5. The fourth-order valence-corrected chi connectivity index (χ4v) is 4.27. The highest BCUT2D eigenvalue weighted by atomic mass is 16.3. The molecule has 0 radical (unpaired) electrons. The zero-order chi connectivity index (χ0) is 19.7. The number of pyridine rings is 1. The molecule has 0 amide bonds. The summed E-state index contributed by atoms with van der Waals surface area (Å²) < 4.78 is 6.20. The molecule has 3 heterocycles. The molecule has 4 rings (SSSR count). The summed E-state index contributed by atoms with van der Waals surface area (Å²) in [6, 6.07) is 0. The van der Waals surface area contributed by atoms with Crippen LogP contribution in [0.5, 0.6) is 0 Å². The molecule has 0 unspecified atom stereocenters. The third-order valence-corrected chi connectivity index (χ3v) is 5.43. The maximum absolute atomic E-state index is 9.41. The van der Waals surface area contributed by atoms with Crippen molar-refractivity contribution in [3.05, 3.63) is 23.1 Å². The van der Waals surface area contributed by atoms with Gasteiger partial charge in [-0.25, -0.2) is 15.0 Å². The predicted molar refractivity (Wildman–Crippen MR) is 109 cm³/mol. The molecule has 0 saturated carbocycles. The van der Waals surface area contributed by atoms with Crippen molar-refractivity contribution in [2.24, 2.45) is 5.92 Å². The third-order valence-electron chi connectivity index (χ3n) is 5.43. The minimum absolute atomic E-state index is 0.0299. The monoisotopic (exact) mass is 384 g/mol. The molecule has 0 fully saturated rings. The molecule has 3 aromatic heterocycles. The van der Waals surface area contributed by atoms with Crippen LogP contribution in [-0.2, 0) is 19.3 Å². The molecule has 2 N–H and O–H groups in total. The molecule has 0 aromatic carbocycles. The van der Waals surface area contributed by atoms with E-state index in [1.54, 1.807) is 0 Å². The zero-order valence-electron chi connectivity index (χ0n) is 16.6. The number of aliphatic hydroxyl groups excluding tert-OH is 2. The van der Waals surface area contributed by atoms with E-state index in [0.717, 1.165) is 35.9 Å². The SMILES string of the molecule is CC(C)Cc1nc2oc3c(N(CCO)CCO)ncnc3c2c2c1CCCC2. The first-order valence-electron chi connectivity index (χ1n) is 10.2. The van der Waals surface area contributed by atoms with Crippen molar-refractivity contribution in [1.29, 1.82) is 0 Å². The fourth-order valence-electron chi connectivity index (χ4n) is 4.27. The van der Waals surface area contributed by atoms with Gasteiger partial charge in [-0.1, -0.05) is 13.8 Å². The summed E-state index contributed by atoms with van der Waals surface area (Å²) in [5.41, 5.74) is 5.84. The van der Waals surface area contributed by atoms with Crippen molar-refractivity contribution in [2.45, 2.75) is 46.0 Å². The molecule has 7 heteroatoms. The summed E-state index contributed by atoms with van der Waals surface area (Å²) in [6.45, 7) is 5.10. The Bertz CT molecular complexity index is 977. The molecule has 0 bridgehead atoms. The van der Waals surface area contributed by atoms with Crippen LogP contribution >= 0.6 is 0 Å². The maximum Gasteiger partial charge on any atom is 0.229 e. The van der Waals surface area contributed by atoms with Crippen LogP contribution in [0.4, 0.5) is 5.82 Å². The van der Waals surface area contributed by atoms with Crippen molar-refractivity contribution in [2.75, 3.05) is 31.2 Å². The molecule has 150 valence electrons. The molecular formula is C21H28N4O3. The van der Waals surface area contributed by atoms with E-state index in [9.17, 15) is 10.2 Å². The number of aromatic nitrogens is 3. The Morgan fingerprint density at radius 3 is 2.46 bits per heavy atom. The van der Waals surface area contributed by atoms with Gasteiger partial charge < -0.3 is 19.5 Å². The van der Waals surface area contributed by atoms with E-state index in [-0.39, 0.29) is 13.2 Å². The van der Waals surface area contributed by atoms with Crippen LogP contribution in [0.25, 0.3) is 22.2 Å². The molecule has 28 heavy (non-hydrogen) atoms. The van der Waals surface area contributed by atoms with Crippen molar-refractivity contribution >= 4 is 28.0 Å². The summed E-state index contributed by atoms with van der Waals surface area (Å²) in [5, 5.41) is 19.8. The predicted octanol–water partition coefficient (Wildman–Crippen LogP) is 2.64. The van der Waals surface area contributed by atoms with Crippen molar-refractivity contribution in [3.8, 4) is 0 Å². The molecule has 0 spiro atoms. The standard InChI is InChI=1S/C21H28N4O3/c1-13(2)11-16-14-5-3-4-6-15(14)17-18-19(28-21(17)24-16)20(23-12-22-18)25(7-9-26)8-10-27/h12-13,26-27H,3-11H2,1-2H3. The van der Waals surface area contributed by atoms with Gasteiger partial charge in [0.25, 0.3) is 0 Å². The maximum atomic E-state index is 9.41. The van der Waals surface area contributed by atoms with Gasteiger partial charge in [0.15, 0.2) is 11.4 Å². The Hall–Kier alpha value is -2.25. The van der Waals surface area contributed by atoms with Gasteiger partial charge in [-0.3, -0.25) is 0 Å². The molecule has 1 aliphatic carbocycles. The molecule has 0 atom stereocenters. The van der Waals surface area contributed by atoms with Gasteiger partial charge in [-0.2, -0.15) is 0 Å². The van der Waals surface area contributed by atoms with Crippen LogP contribution in [0.15, 0.2) is 10.7 Å². The minimum atomic E-state index is -0.0299. The van der Waals surface area contributed by atoms with Gasteiger partial charge in [0.2, 0.25) is 5.71 Å². The molecule has 0 aliphatic heterocycles. The Labute approximate surface area is 164 Å². The first-order chi connectivity index (χ1) is 13.6. The molecule has 0 saturated heterocycles. The van der Waals surface area contributed by atoms with Crippen molar-refractivity contribution in [1.82, 2.24) is 15.0 Å². The third kappa shape index (κ3) is 3.33. The summed E-state index contributed by atoms with van der Waals surface area (Å²) in [5.74, 6) is 1.13. The largest absolute Gasteiger partial charge is 0.432 e. The second-order valence-corrected chi connectivity index (χ2v) is 7.91. The minimum Gasteiger partial charge on any atom is -0.432 e. The van der Waals surface area contributed by atoms with Gasteiger partial charge in [-0.15, -0.1) is 0 Å². The summed E-state index contributed by atoms with van der Waals surface area (Å²) in [6.07, 6.45) is 6.91. The summed E-state index contributed by atoms with van der Waals surface area (Å²) in [7, 11) is 0. The first-order valence-corrected chi connectivity index (χ1v) is 10.2. The van der Waals surface area contributed by atoms with E-state index >= 15 is 0 Å². The van der Waals surface area contributed by atoms with Gasteiger partial charge in [0.1, 0.15) is 11.8 Å². The molecule has 7 nitrogen and oxygen atoms in total. The number of aliphatic hydroxyl groups is 2. The fraction of sp³-hybridized carbons (Fsp3) is 0.571. The Balaban J connectivity index is 1.96. The number of anilines is 1. The van der Waals surface area contributed by atoms with Crippen LogP contribution in [0, 0.1) is 5.92 Å². The Morgan fingerprint density at radius 2 is 1.79 bits per heavy atom. The summed E-state index contributed by atoms with van der Waals surface area (Å²) >= 11 is 0. The van der Waals surface area contributed by atoms with E-state index in [2.05, 4.69) is 23.8 Å². The topological polar surface area (TPSA) is 95.5 Å². The number of hydrogen-bond acceptors (Lipinski definition) is 7. The molecule has 3 aromatic rings. The van der Waals surface area contributed by atoms with Gasteiger partial charge in [0.05, 0.1) is 18.6 Å². The van der Waals surface area contributed by atoms with Crippen LogP contribution in [0.3, 0.4) is 0 Å². The van der Waals surface area contributed by atoms with Gasteiger partial charge in [0, 0.05) is 18.8 Å². The average molecular weight is 384 g/mol. The second-order valence-electron chi connectivity index (χ2n) is 7.91. The van der Waals surface area contributed by atoms with E-state index < -0.39 is 0 Å². The Morgan fingerprint density at radius 1 is 1.07 bits per heavy atom. The Kier molecular flexibility index (Phi) is 5.46. The number of nitrogens with zero attached hydrogens (tertiary/aromatic N) is 4. The lowest BCUT2D eigenvalue weighted by Crippen LogP contribution is -2.30. The highest BCUT2D eigenvalue weighted by molar-refractivity contribution is 6.06. The van der Waals surface area contributed by atoms with Crippen LogP contribution in [0.1, 0.15) is 43.5 Å². The van der Waals surface area contributed by atoms with Crippen LogP contribution < -0.4 is 4.90 Å². The van der Waals surface area contributed by atoms with E-state index in [1.165, 1.54) is 30.3 Å². The smallest absolute Gasteiger partial charge is 0.229 e. The van der Waals surface area contributed by atoms with Crippen LogP contribution in [-0.4, -0.2) is 51.5 Å². The van der Waals surface area contributed by atoms with Crippen molar-refractivity contribution in [3.63, 3.8) is 0 Å². The molecular weight excluding hydrogens is 356 g/mol. The average Bonchev–Trinajstić information content (AvgIpc) is 3.06.